The van der Waals surface area contributed by atoms with Crippen LogP contribution in [0.3, 0.4) is 0 Å². The zero-order valence-corrected chi connectivity index (χ0v) is 17.5. The minimum Gasteiger partial charge on any atom is -0.308 e. The van der Waals surface area contributed by atoms with E-state index in [1.807, 2.05) is 65.9 Å². The van der Waals surface area contributed by atoms with Gasteiger partial charge in [-0.2, -0.15) is 0 Å². The smallest absolute Gasteiger partial charge is 0.240 e. The molecule has 0 bridgehead atoms. The molecule has 0 fully saturated rings. The molecule has 144 valence electrons. The molecule has 0 N–H and O–H groups in total. The van der Waals surface area contributed by atoms with Gasteiger partial charge in [0.2, 0.25) is 5.91 Å². The lowest BCUT2D eigenvalue weighted by atomic mass is 10.1. The molecule has 1 aliphatic rings. The molecule has 3 aromatic rings. The lowest BCUT2D eigenvalue weighted by Crippen LogP contribution is -2.40. The van der Waals surface area contributed by atoms with Crippen LogP contribution in [0, 0.1) is 0 Å². The van der Waals surface area contributed by atoms with Crippen molar-refractivity contribution in [2.75, 3.05) is 4.90 Å². The number of benzene rings is 2. The molecule has 7 heteroatoms. The third-order valence-electron chi connectivity index (χ3n) is 5.01. The summed E-state index contributed by atoms with van der Waals surface area (Å²) in [5, 5.41) is 9.72. The monoisotopic (exact) mass is 412 g/mol. The van der Waals surface area contributed by atoms with Crippen molar-refractivity contribution in [1.29, 1.82) is 0 Å². The van der Waals surface area contributed by atoms with Gasteiger partial charge in [0, 0.05) is 29.4 Å². The van der Waals surface area contributed by atoms with Crippen LogP contribution >= 0.6 is 23.4 Å². The van der Waals surface area contributed by atoms with Crippen molar-refractivity contribution in [3.8, 4) is 11.4 Å². The molecular formula is C21H21ClN4OS. The molecule has 0 spiro atoms. The first-order valence-corrected chi connectivity index (χ1v) is 10.4. The standard InChI is InChI=1S/C21H21ClN4OS/c1-13-12-16-6-4-5-7-18(16)26(13)20(27)14(2)28-21-24-23-19(25(21)3)15-8-10-17(22)11-9-15/h4-11,13-14H,12H2,1-3H3/t13-,14+/m0/s1. The number of amides is 1. The van der Waals surface area contributed by atoms with Gasteiger partial charge in [-0.1, -0.05) is 41.6 Å². The molecule has 0 saturated carbocycles. The fourth-order valence-corrected chi connectivity index (χ4v) is 4.56. The normalized spacial score (nSPS) is 16.9. The summed E-state index contributed by atoms with van der Waals surface area (Å²) in [6.07, 6.45) is 0.893. The van der Waals surface area contributed by atoms with Gasteiger partial charge in [0.1, 0.15) is 0 Å². The van der Waals surface area contributed by atoms with Gasteiger partial charge in [-0.25, -0.2) is 0 Å². The van der Waals surface area contributed by atoms with Crippen LogP contribution in [-0.2, 0) is 18.3 Å². The largest absolute Gasteiger partial charge is 0.308 e. The molecule has 4 rings (SSSR count). The lowest BCUT2D eigenvalue weighted by molar-refractivity contribution is -0.118. The predicted molar refractivity (Wildman–Crippen MR) is 114 cm³/mol. The molecule has 0 aliphatic carbocycles. The maximum absolute atomic E-state index is 13.2. The first kappa shape index (κ1) is 19.0. The molecule has 2 heterocycles. The molecule has 1 aromatic heterocycles. The second kappa shape index (κ2) is 7.60. The number of rotatable bonds is 4. The Bertz CT molecular complexity index is 1020. The Labute approximate surface area is 173 Å². The highest BCUT2D eigenvalue weighted by atomic mass is 35.5. The zero-order valence-electron chi connectivity index (χ0n) is 16.0. The Morgan fingerprint density at radius 3 is 2.64 bits per heavy atom. The highest BCUT2D eigenvalue weighted by molar-refractivity contribution is 8.00. The van der Waals surface area contributed by atoms with Crippen LogP contribution in [0.25, 0.3) is 11.4 Å². The van der Waals surface area contributed by atoms with E-state index in [1.165, 1.54) is 17.3 Å². The molecule has 1 aliphatic heterocycles. The maximum Gasteiger partial charge on any atom is 0.240 e. The fourth-order valence-electron chi connectivity index (χ4n) is 3.57. The third kappa shape index (κ3) is 3.42. The number of thioether (sulfide) groups is 1. The van der Waals surface area contributed by atoms with Crippen LogP contribution in [-0.4, -0.2) is 32.0 Å². The Kier molecular flexibility index (Phi) is 5.17. The van der Waals surface area contributed by atoms with Crippen LogP contribution in [0.1, 0.15) is 19.4 Å². The molecule has 0 unspecified atom stereocenters. The van der Waals surface area contributed by atoms with Crippen molar-refractivity contribution in [3.05, 3.63) is 59.1 Å². The summed E-state index contributed by atoms with van der Waals surface area (Å²) in [7, 11) is 1.91. The van der Waals surface area contributed by atoms with Crippen molar-refractivity contribution in [1.82, 2.24) is 14.8 Å². The molecular weight excluding hydrogens is 392 g/mol. The number of aromatic nitrogens is 3. The van der Waals surface area contributed by atoms with E-state index < -0.39 is 0 Å². The van der Waals surface area contributed by atoms with E-state index in [0.29, 0.717) is 10.2 Å². The quantitative estimate of drug-likeness (QED) is 0.588. The fraction of sp³-hybridized carbons (Fsp3) is 0.286. The maximum atomic E-state index is 13.2. The number of hydrogen-bond donors (Lipinski definition) is 0. The van der Waals surface area contributed by atoms with Gasteiger partial charge in [0.25, 0.3) is 0 Å². The summed E-state index contributed by atoms with van der Waals surface area (Å²) in [6.45, 7) is 4.02. The topological polar surface area (TPSA) is 51.0 Å². The van der Waals surface area contributed by atoms with Gasteiger partial charge in [-0.3, -0.25) is 4.79 Å². The first-order valence-electron chi connectivity index (χ1n) is 9.18. The Hall–Kier alpha value is -2.31. The Morgan fingerprint density at radius 1 is 1.18 bits per heavy atom. The van der Waals surface area contributed by atoms with Gasteiger partial charge >= 0.3 is 0 Å². The van der Waals surface area contributed by atoms with Crippen molar-refractivity contribution < 1.29 is 4.79 Å². The first-order chi connectivity index (χ1) is 13.5. The van der Waals surface area contributed by atoms with E-state index in [4.69, 9.17) is 11.6 Å². The molecule has 5 nitrogen and oxygen atoms in total. The number of nitrogens with zero attached hydrogens (tertiary/aromatic N) is 4. The number of hydrogen-bond acceptors (Lipinski definition) is 4. The number of carbonyl (C=O) groups is 1. The summed E-state index contributed by atoms with van der Waals surface area (Å²) in [5.41, 5.74) is 3.18. The molecule has 2 aromatic carbocycles. The van der Waals surface area contributed by atoms with E-state index in [0.717, 1.165) is 23.5 Å². The average Bonchev–Trinajstić information content (AvgIpc) is 3.21. The predicted octanol–water partition coefficient (Wildman–Crippen LogP) is 4.59. The Morgan fingerprint density at radius 2 is 1.89 bits per heavy atom. The van der Waals surface area contributed by atoms with E-state index in [-0.39, 0.29) is 17.2 Å². The minimum atomic E-state index is -0.269. The van der Waals surface area contributed by atoms with Gasteiger partial charge in [-0.15, -0.1) is 10.2 Å². The van der Waals surface area contributed by atoms with E-state index in [1.54, 1.807) is 0 Å². The van der Waals surface area contributed by atoms with Crippen LogP contribution in [0.4, 0.5) is 5.69 Å². The summed E-state index contributed by atoms with van der Waals surface area (Å²) >= 11 is 7.40. The van der Waals surface area contributed by atoms with E-state index in [9.17, 15) is 4.79 Å². The van der Waals surface area contributed by atoms with Gasteiger partial charge in [0.05, 0.1) is 5.25 Å². The summed E-state index contributed by atoms with van der Waals surface area (Å²) in [6, 6.07) is 15.8. The van der Waals surface area contributed by atoms with E-state index >= 15 is 0 Å². The lowest BCUT2D eigenvalue weighted by Gasteiger charge is -2.25. The molecule has 0 radical (unpaired) electrons. The second-order valence-electron chi connectivity index (χ2n) is 7.02. The molecule has 2 atom stereocenters. The van der Waals surface area contributed by atoms with Crippen molar-refractivity contribution in [2.45, 2.75) is 36.7 Å². The Balaban J connectivity index is 1.53. The molecule has 1 amide bonds. The number of fused-ring (bicyclic) bond motifs is 1. The van der Waals surface area contributed by atoms with Gasteiger partial charge in [0.15, 0.2) is 11.0 Å². The SMILES string of the molecule is C[C@@H](Sc1nnc(-c2ccc(Cl)cc2)n1C)C(=O)N1c2ccccc2C[C@@H]1C. The molecule has 28 heavy (non-hydrogen) atoms. The van der Waals surface area contributed by atoms with Crippen LogP contribution in [0.15, 0.2) is 53.7 Å². The summed E-state index contributed by atoms with van der Waals surface area (Å²) in [5.74, 6) is 0.845. The van der Waals surface area contributed by atoms with Crippen LogP contribution in [0.2, 0.25) is 5.02 Å². The highest BCUT2D eigenvalue weighted by Crippen LogP contribution is 2.35. The zero-order chi connectivity index (χ0) is 19.8. The van der Waals surface area contributed by atoms with Gasteiger partial charge < -0.3 is 9.47 Å². The summed E-state index contributed by atoms with van der Waals surface area (Å²) in [4.78, 5) is 15.1. The second-order valence-corrected chi connectivity index (χ2v) is 8.77. The van der Waals surface area contributed by atoms with Crippen LogP contribution < -0.4 is 4.90 Å². The number of para-hydroxylation sites is 1. The number of anilines is 1. The van der Waals surface area contributed by atoms with Crippen molar-refractivity contribution in [2.24, 2.45) is 7.05 Å². The average molecular weight is 413 g/mol. The number of halogens is 1. The van der Waals surface area contributed by atoms with Crippen LogP contribution in [0.5, 0.6) is 0 Å². The van der Waals surface area contributed by atoms with Crippen molar-refractivity contribution >= 4 is 35.0 Å². The van der Waals surface area contributed by atoms with Gasteiger partial charge in [-0.05, 0) is 56.2 Å². The number of carbonyl (C=O) groups excluding carboxylic acids is 1. The molecule has 0 saturated heterocycles. The minimum absolute atomic E-state index is 0.0958. The van der Waals surface area contributed by atoms with Crippen molar-refractivity contribution in [3.63, 3.8) is 0 Å². The third-order valence-corrected chi connectivity index (χ3v) is 6.39. The van der Waals surface area contributed by atoms with E-state index in [2.05, 4.69) is 23.2 Å². The summed E-state index contributed by atoms with van der Waals surface area (Å²) < 4.78 is 1.92. The highest BCUT2D eigenvalue weighted by Gasteiger charge is 2.34.